The zero-order valence-electron chi connectivity index (χ0n) is 11.5. The Morgan fingerprint density at radius 1 is 1.19 bits per heavy atom. The molecule has 21 heavy (non-hydrogen) atoms. The second kappa shape index (κ2) is 7.09. The molecule has 0 aliphatic rings. The molecule has 0 radical (unpaired) electrons. The fraction of sp³-hybridized carbons (Fsp3) is 0.455. The van der Waals surface area contributed by atoms with Crippen LogP contribution < -0.4 is 10.0 Å². The summed E-state index contributed by atoms with van der Waals surface area (Å²) in [6, 6.07) is 0. The lowest BCUT2D eigenvalue weighted by atomic mass is 10.4. The lowest BCUT2D eigenvalue weighted by Gasteiger charge is -2.06. The molecule has 2 aromatic heterocycles. The lowest BCUT2D eigenvalue weighted by molar-refractivity contribution is 0.410. The highest BCUT2D eigenvalue weighted by atomic mass is 32.2. The van der Waals surface area contributed by atoms with Crippen LogP contribution in [0.5, 0.6) is 0 Å². The number of rotatable bonds is 8. The van der Waals surface area contributed by atoms with Crippen molar-refractivity contribution < 1.29 is 12.9 Å². The normalized spacial score (nSPS) is 11.5. The fourth-order valence-electron chi connectivity index (χ4n) is 1.47. The van der Waals surface area contributed by atoms with Crippen molar-refractivity contribution in [3.05, 3.63) is 24.6 Å². The van der Waals surface area contributed by atoms with Gasteiger partial charge in [0.25, 0.3) is 0 Å². The van der Waals surface area contributed by atoms with E-state index < -0.39 is 10.0 Å². The van der Waals surface area contributed by atoms with E-state index in [4.69, 9.17) is 0 Å². The largest absolute Gasteiger partial charge is 0.354 e. The van der Waals surface area contributed by atoms with E-state index in [1.54, 1.807) is 0 Å². The standard InChI is InChI=1S/C11H16N6O3S/c1-2-4-12-11-13-6-9(7-14-11)21(18,19)16-5-3-10-15-8-20-17-10/h6-8,16H,2-5H2,1H3,(H,12,13,14). The Morgan fingerprint density at radius 2 is 1.95 bits per heavy atom. The van der Waals surface area contributed by atoms with Gasteiger partial charge in [-0.1, -0.05) is 12.1 Å². The third-order valence-electron chi connectivity index (χ3n) is 2.52. The van der Waals surface area contributed by atoms with Gasteiger partial charge in [-0.2, -0.15) is 4.98 Å². The minimum atomic E-state index is -3.64. The van der Waals surface area contributed by atoms with Crippen molar-refractivity contribution in [1.29, 1.82) is 0 Å². The molecule has 0 aliphatic heterocycles. The van der Waals surface area contributed by atoms with Crippen LogP contribution in [0.4, 0.5) is 5.95 Å². The van der Waals surface area contributed by atoms with Crippen molar-refractivity contribution in [3.8, 4) is 0 Å². The molecular weight excluding hydrogens is 296 g/mol. The molecule has 2 N–H and O–H groups in total. The first-order valence-corrected chi connectivity index (χ1v) is 7.91. The molecule has 0 fully saturated rings. The van der Waals surface area contributed by atoms with E-state index in [1.807, 2.05) is 6.92 Å². The zero-order chi connectivity index (χ0) is 15.1. The summed E-state index contributed by atoms with van der Waals surface area (Å²) in [5.41, 5.74) is 0. The van der Waals surface area contributed by atoms with Crippen LogP contribution in [0.2, 0.25) is 0 Å². The maximum absolute atomic E-state index is 12.0. The van der Waals surface area contributed by atoms with E-state index in [0.717, 1.165) is 13.0 Å². The Bertz CT molecular complexity index is 641. The van der Waals surface area contributed by atoms with Crippen LogP contribution >= 0.6 is 0 Å². The van der Waals surface area contributed by atoms with E-state index in [9.17, 15) is 8.42 Å². The zero-order valence-corrected chi connectivity index (χ0v) is 12.3. The van der Waals surface area contributed by atoms with Crippen molar-refractivity contribution in [2.45, 2.75) is 24.7 Å². The summed E-state index contributed by atoms with van der Waals surface area (Å²) in [5.74, 6) is 0.843. The van der Waals surface area contributed by atoms with Gasteiger partial charge in [0.1, 0.15) is 4.90 Å². The lowest BCUT2D eigenvalue weighted by Crippen LogP contribution is -2.26. The SMILES string of the molecule is CCCNc1ncc(S(=O)(=O)NCCc2ncon2)cn1. The van der Waals surface area contributed by atoms with Gasteiger partial charge in [-0.05, 0) is 6.42 Å². The molecule has 9 nitrogen and oxygen atoms in total. The number of nitrogens with one attached hydrogen (secondary N) is 2. The van der Waals surface area contributed by atoms with Crippen molar-refractivity contribution in [2.24, 2.45) is 0 Å². The Morgan fingerprint density at radius 3 is 2.57 bits per heavy atom. The van der Waals surface area contributed by atoms with Crippen molar-refractivity contribution in [1.82, 2.24) is 24.8 Å². The first-order chi connectivity index (χ1) is 10.1. The molecule has 0 unspecified atom stereocenters. The van der Waals surface area contributed by atoms with Crippen molar-refractivity contribution in [3.63, 3.8) is 0 Å². The first-order valence-electron chi connectivity index (χ1n) is 6.42. The highest BCUT2D eigenvalue weighted by Gasteiger charge is 2.15. The number of sulfonamides is 1. The van der Waals surface area contributed by atoms with Gasteiger partial charge < -0.3 is 9.84 Å². The Hall–Kier alpha value is -2.07. The molecule has 2 aromatic rings. The number of nitrogens with zero attached hydrogens (tertiary/aromatic N) is 4. The summed E-state index contributed by atoms with van der Waals surface area (Å²) < 4.78 is 31.0. The van der Waals surface area contributed by atoms with Crippen LogP contribution in [0.3, 0.4) is 0 Å². The second-order valence-electron chi connectivity index (χ2n) is 4.16. The predicted octanol–water partition coefficient (Wildman–Crippen LogP) is 0.202. The average Bonchev–Trinajstić information content (AvgIpc) is 2.98. The molecule has 2 rings (SSSR count). The summed E-state index contributed by atoms with van der Waals surface area (Å²) in [5, 5.41) is 6.57. The number of anilines is 1. The molecule has 0 bridgehead atoms. The molecule has 0 atom stereocenters. The maximum Gasteiger partial charge on any atom is 0.243 e. The fourth-order valence-corrected chi connectivity index (χ4v) is 2.39. The van der Waals surface area contributed by atoms with E-state index >= 15 is 0 Å². The van der Waals surface area contributed by atoms with Gasteiger partial charge in [0.15, 0.2) is 5.82 Å². The minimum Gasteiger partial charge on any atom is -0.354 e. The van der Waals surface area contributed by atoms with Gasteiger partial charge in [-0.25, -0.2) is 23.1 Å². The molecular formula is C11H16N6O3S. The number of hydrogen-bond acceptors (Lipinski definition) is 8. The highest BCUT2D eigenvalue weighted by molar-refractivity contribution is 7.89. The van der Waals surface area contributed by atoms with Gasteiger partial charge in [0.05, 0.1) is 12.4 Å². The van der Waals surface area contributed by atoms with Crippen LogP contribution in [-0.2, 0) is 16.4 Å². The molecule has 0 aromatic carbocycles. The summed E-state index contributed by atoms with van der Waals surface area (Å²) in [7, 11) is -3.64. The van der Waals surface area contributed by atoms with Crippen molar-refractivity contribution >= 4 is 16.0 Å². The summed E-state index contributed by atoms with van der Waals surface area (Å²) in [6.45, 7) is 2.91. The highest BCUT2D eigenvalue weighted by Crippen LogP contribution is 2.07. The van der Waals surface area contributed by atoms with Crippen molar-refractivity contribution in [2.75, 3.05) is 18.4 Å². The topological polar surface area (TPSA) is 123 Å². The predicted molar refractivity (Wildman–Crippen MR) is 74.0 cm³/mol. The van der Waals surface area contributed by atoms with E-state index in [-0.39, 0.29) is 11.4 Å². The van der Waals surface area contributed by atoms with Gasteiger partial charge in [-0.3, -0.25) is 0 Å². The summed E-state index contributed by atoms with van der Waals surface area (Å²) in [6.07, 6.45) is 5.00. The Balaban J connectivity index is 1.92. The van der Waals surface area contributed by atoms with Crippen LogP contribution in [0.1, 0.15) is 19.2 Å². The summed E-state index contributed by atoms with van der Waals surface area (Å²) in [4.78, 5) is 11.7. The molecule has 0 amide bonds. The molecule has 2 heterocycles. The Kier molecular flexibility index (Phi) is 5.17. The van der Waals surface area contributed by atoms with Gasteiger partial charge in [0, 0.05) is 19.5 Å². The third kappa shape index (κ3) is 4.46. The quantitative estimate of drug-likeness (QED) is 0.708. The second-order valence-corrected chi connectivity index (χ2v) is 5.93. The van der Waals surface area contributed by atoms with Crippen LogP contribution in [0, 0.1) is 0 Å². The van der Waals surface area contributed by atoms with E-state index in [1.165, 1.54) is 18.8 Å². The summed E-state index contributed by atoms with van der Waals surface area (Å²) >= 11 is 0. The smallest absolute Gasteiger partial charge is 0.243 e. The molecule has 0 saturated heterocycles. The van der Waals surface area contributed by atoms with E-state index in [2.05, 4.69) is 34.7 Å². The van der Waals surface area contributed by atoms with Gasteiger partial charge in [0.2, 0.25) is 22.4 Å². The molecule has 114 valence electrons. The van der Waals surface area contributed by atoms with Crippen LogP contribution in [0.15, 0.2) is 28.2 Å². The molecule has 0 spiro atoms. The number of hydrogen-bond donors (Lipinski definition) is 2. The van der Waals surface area contributed by atoms with Gasteiger partial charge in [-0.15, -0.1) is 0 Å². The molecule has 0 saturated carbocycles. The molecule has 0 aliphatic carbocycles. The average molecular weight is 312 g/mol. The van der Waals surface area contributed by atoms with Crippen LogP contribution in [-0.4, -0.2) is 41.6 Å². The number of aromatic nitrogens is 4. The van der Waals surface area contributed by atoms with Crippen LogP contribution in [0.25, 0.3) is 0 Å². The van der Waals surface area contributed by atoms with Gasteiger partial charge >= 0.3 is 0 Å². The first kappa shape index (κ1) is 15.3. The third-order valence-corrected chi connectivity index (χ3v) is 3.93. The van der Waals surface area contributed by atoms with E-state index in [0.29, 0.717) is 18.2 Å². The Labute approximate surface area is 122 Å². The monoisotopic (exact) mass is 312 g/mol. The molecule has 10 heteroatoms. The minimum absolute atomic E-state index is 0.0117. The maximum atomic E-state index is 12.0.